The Morgan fingerprint density at radius 2 is 1.18 bits per heavy atom. The molecule has 2 aliphatic carbocycles. The molecule has 5 aromatic carbocycles. The lowest BCUT2D eigenvalue weighted by atomic mass is 9.90. The molecular weight excluding hydrogens is 557 g/mol. The van der Waals surface area contributed by atoms with Gasteiger partial charge in [-0.25, -0.2) is 0 Å². The highest BCUT2D eigenvalue weighted by atomic mass is 32.1. The zero-order valence-electron chi connectivity index (χ0n) is 23.6. The summed E-state index contributed by atoms with van der Waals surface area (Å²) in [5, 5.41) is 16.2. The molecule has 0 saturated carbocycles. The first-order valence-electron chi connectivity index (χ1n) is 14.7. The molecule has 0 fully saturated rings. The molecule has 0 spiro atoms. The van der Waals surface area contributed by atoms with E-state index in [-0.39, 0.29) is 0 Å². The first-order chi connectivity index (χ1) is 21.8. The Bertz CT molecular complexity index is 2310. The molecule has 6 aromatic rings. The molecule has 4 nitrogen and oxygen atoms in total. The van der Waals surface area contributed by atoms with Gasteiger partial charge in [0.2, 0.25) is 0 Å². The number of hydrogen-bond donors (Lipinski definition) is 0. The van der Waals surface area contributed by atoms with E-state index in [4.69, 9.17) is 4.37 Å². The lowest BCUT2D eigenvalue weighted by molar-refractivity contribution is 0.877. The van der Waals surface area contributed by atoms with Crippen LogP contribution in [0.25, 0.3) is 77.2 Å². The first kappa shape index (κ1) is 25.0. The molecule has 2 heterocycles. The van der Waals surface area contributed by atoms with Gasteiger partial charge in [0.25, 0.3) is 0 Å². The second-order valence-corrected chi connectivity index (χ2v) is 12.0. The predicted molar refractivity (Wildman–Crippen MR) is 180 cm³/mol. The van der Waals surface area contributed by atoms with Gasteiger partial charge >= 0.3 is 0 Å². The fraction of sp³-hybridized carbons (Fsp3) is 0.0256. The molecule has 0 atom stereocenters. The minimum atomic E-state index is 0.725. The highest BCUT2D eigenvalue weighted by molar-refractivity contribution is 7.09. The molecular formula is C39H24N4S. The number of hydrogen-bond acceptors (Lipinski definition) is 5. The zero-order chi connectivity index (χ0) is 29.0. The molecule has 0 amide bonds. The summed E-state index contributed by atoms with van der Waals surface area (Å²) in [5.74, 6) is 0. The highest BCUT2D eigenvalue weighted by Gasteiger charge is 2.26. The second kappa shape index (κ2) is 10.0. The monoisotopic (exact) mass is 580 g/mol. The Morgan fingerprint density at radius 3 is 2.00 bits per heavy atom. The lowest BCUT2D eigenvalue weighted by Gasteiger charge is -2.16. The minimum absolute atomic E-state index is 0.725. The molecule has 0 N–H and O–H groups in total. The number of rotatable bonds is 4. The summed E-state index contributed by atoms with van der Waals surface area (Å²) in [4.78, 5) is 1.17. The van der Waals surface area contributed by atoms with Crippen LogP contribution in [0.15, 0.2) is 133 Å². The summed E-state index contributed by atoms with van der Waals surface area (Å²) in [6, 6.07) is 47.0. The van der Waals surface area contributed by atoms with Crippen molar-refractivity contribution in [3.63, 3.8) is 0 Å². The summed E-state index contributed by atoms with van der Waals surface area (Å²) in [6.07, 6.45) is 0.959. The van der Waals surface area contributed by atoms with Crippen molar-refractivity contribution in [3.05, 3.63) is 145 Å². The maximum atomic E-state index is 5.04. The topological polar surface area (TPSA) is 51.6 Å². The number of benzene rings is 5. The number of fused-ring (bicyclic) bond motifs is 7. The maximum Gasteiger partial charge on any atom is 0.124 e. The van der Waals surface area contributed by atoms with Gasteiger partial charge in [-0.15, -0.1) is 10.2 Å². The minimum Gasteiger partial charge on any atom is -0.190 e. The van der Waals surface area contributed by atoms with Crippen molar-refractivity contribution in [1.29, 1.82) is 0 Å². The normalized spacial score (nSPS) is 12.0. The van der Waals surface area contributed by atoms with Gasteiger partial charge in [-0.05, 0) is 85.0 Å². The highest BCUT2D eigenvalue weighted by Crippen LogP contribution is 2.47. The van der Waals surface area contributed by atoms with Crippen LogP contribution in [0.1, 0.15) is 11.1 Å². The van der Waals surface area contributed by atoms with Crippen molar-refractivity contribution in [2.24, 2.45) is 0 Å². The third kappa shape index (κ3) is 3.90. The molecule has 1 aliphatic heterocycles. The van der Waals surface area contributed by atoms with Crippen LogP contribution in [0.3, 0.4) is 0 Å². The van der Waals surface area contributed by atoms with Gasteiger partial charge < -0.3 is 0 Å². The van der Waals surface area contributed by atoms with Crippen molar-refractivity contribution < 1.29 is 0 Å². The van der Waals surface area contributed by atoms with Crippen LogP contribution in [-0.2, 0) is 6.42 Å². The predicted octanol–water partition coefficient (Wildman–Crippen LogP) is 9.83. The van der Waals surface area contributed by atoms with Crippen LogP contribution in [-0.4, -0.2) is 19.8 Å². The summed E-state index contributed by atoms with van der Waals surface area (Å²) in [5.41, 5.74) is 14.2. The van der Waals surface area contributed by atoms with Crippen molar-refractivity contribution in [2.75, 3.05) is 0 Å². The average Bonchev–Trinajstić information content (AvgIpc) is 3.67. The van der Waals surface area contributed by atoms with Gasteiger partial charge in [0, 0.05) is 16.7 Å². The molecule has 0 unspecified atom stereocenters. The molecule has 3 aliphatic rings. The second-order valence-electron chi connectivity index (χ2n) is 11.2. The van der Waals surface area contributed by atoms with Gasteiger partial charge in [0.05, 0.1) is 4.88 Å². The number of aromatic nitrogens is 4. The van der Waals surface area contributed by atoms with E-state index in [0.717, 1.165) is 51.3 Å². The zero-order valence-corrected chi connectivity index (χ0v) is 24.4. The third-order valence-corrected chi connectivity index (χ3v) is 9.54. The Balaban J connectivity index is 1.28. The molecule has 0 bridgehead atoms. The molecule has 5 heteroatoms. The molecule has 1 aromatic heterocycles. The largest absolute Gasteiger partial charge is 0.190 e. The van der Waals surface area contributed by atoms with E-state index in [1.165, 1.54) is 55.0 Å². The smallest absolute Gasteiger partial charge is 0.124 e. The summed E-state index contributed by atoms with van der Waals surface area (Å²) in [7, 11) is 0. The fourth-order valence-electron chi connectivity index (χ4n) is 6.70. The van der Waals surface area contributed by atoms with Crippen LogP contribution >= 0.6 is 11.5 Å². The van der Waals surface area contributed by atoms with E-state index in [0.29, 0.717) is 0 Å². The molecule has 206 valence electrons. The molecule has 0 radical (unpaired) electrons. The van der Waals surface area contributed by atoms with Gasteiger partial charge in [0.15, 0.2) is 0 Å². The van der Waals surface area contributed by atoms with Crippen LogP contribution in [0.5, 0.6) is 0 Å². The summed E-state index contributed by atoms with van der Waals surface area (Å²) in [6.45, 7) is 0. The van der Waals surface area contributed by atoms with Crippen LogP contribution in [0.2, 0.25) is 0 Å². The summed E-state index contributed by atoms with van der Waals surface area (Å²) >= 11 is 1.52. The first-order valence-corrected chi connectivity index (χ1v) is 15.5. The van der Waals surface area contributed by atoms with Crippen LogP contribution < -0.4 is 0 Å². The van der Waals surface area contributed by atoms with E-state index in [1.807, 2.05) is 24.3 Å². The Morgan fingerprint density at radius 1 is 0.500 bits per heavy atom. The third-order valence-electron chi connectivity index (χ3n) is 8.72. The quantitative estimate of drug-likeness (QED) is 0.208. The Kier molecular flexibility index (Phi) is 5.71. The summed E-state index contributed by atoms with van der Waals surface area (Å²) < 4.78 is 5.04. The lowest BCUT2D eigenvalue weighted by Crippen LogP contribution is -2.02. The van der Waals surface area contributed by atoms with E-state index >= 15 is 0 Å². The van der Waals surface area contributed by atoms with Gasteiger partial charge in [0.1, 0.15) is 17.1 Å². The maximum absolute atomic E-state index is 5.04. The van der Waals surface area contributed by atoms with Gasteiger partial charge in [-0.1, -0.05) is 121 Å². The van der Waals surface area contributed by atoms with Crippen LogP contribution in [0.4, 0.5) is 0 Å². The Labute approximate surface area is 258 Å². The fourth-order valence-corrected chi connectivity index (χ4v) is 7.47. The van der Waals surface area contributed by atoms with E-state index in [2.05, 4.69) is 125 Å². The van der Waals surface area contributed by atoms with Crippen LogP contribution in [0, 0.1) is 0 Å². The van der Waals surface area contributed by atoms with Crippen molar-refractivity contribution in [1.82, 2.24) is 19.8 Å². The van der Waals surface area contributed by atoms with Crippen molar-refractivity contribution in [2.45, 2.75) is 6.42 Å². The molecule has 9 rings (SSSR count). The van der Waals surface area contributed by atoms with E-state index < -0.39 is 0 Å². The average molecular weight is 581 g/mol. The van der Waals surface area contributed by atoms with Gasteiger partial charge in [-0.3, -0.25) is 0 Å². The standard InChI is InChI=1S/C39H24N4S/c1-3-11-24(12-4-1)27-16-9-10-18-31(27)37-38(25-13-5-2-6-14-25)40-43-41-39(37)35-22-34-30-20-19-29-28-17-8-7-15-26(28)21-32(29)33(30)23-36(34)44-42-35/h1-20,22-23H,21H2. The van der Waals surface area contributed by atoms with Gasteiger partial charge in [-0.2, -0.15) is 4.37 Å². The number of nitrogens with zero attached hydrogens (tertiary/aromatic N) is 4. The molecule has 0 saturated heterocycles. The Hall–Kier alpha value is -5.52. The molecule has 44 heavy (non-hydrogen) atoms. The van der Waals surface area contributed by atoms with E-state index in [1.54, 1.807) is 0 Å². The van der Waals surface area contributed by atoms with Crippen molar-refractivity contribution >= 4 is 22.3 Å². The van der Waals surface area contributed by atoms with Crippen molar-refractivity contribution in [3.8, 4) is 66.5 Å². The SMILES string of the molecule is c1ccc(-c2ccccc2-c2c(-c3ccccc3)nnnc2-c2cc3c4ccc5c(c4cc-3sn2)Cc2ccccc2-5)cc1. The van der Waals surface area contributed by atoms with E-state index in [9.17, 15) is 0 Å².